The molecule has 3 heterocycles. The molecule has 1 aromatic carbocycles. The second-order valence-corrected chi connectivity index (χ2v) is 7.64. The van der Waals surface area contributed by atoms with E-state index in [4.69, 9.17) is 10.2 Å². The third kappa shape index (κ3) is 3.52. The predicted molar refractivity (Wildman–Crippen MR) is 108 cm³/mol. The summed E-state index contributed by atoms with van der Waals surface area (Å²) in [5.74, 6) is -1.03. The highest BCUT2D eigenvalue weighted by Gasteiger charge is 2.36. The number of hydrogen-bond donors (Lipinski definition) is 1. The molecule has 0 radical (unpaired) electrons. The Morgan fingerprint density at radius 1 is 1.28 bits per heavy atom. The number of nitrogens with one attached hydrogen (secondary N) is 1. The summed E-state index contributed by atoms with van der Waals surface area (Å²) in [6, 6.07) is 9.66. The van der Waals surface area contributed by atoms with Crippen molar-refractivity contribution in [1.29, 1.82) is 5.26 Å². The summed E-state index contributed by atoms with van der Waals surface area (Å²) in [4.78, 5) is 24.5. The number of aryl methyl sites for hydroxylation is 1. The Labute approximate surface area is 170 Å². The number of hydrogen-bond acceptors (Lipinski definition) is 5. The molecule has 0 saturated heterocycles. The molecule has 0 saturated carbocycles. The Bertz CT molecular complexity index is 1180. The second kappa shape index (κ2) is 7.53. The van der Waals surface area contributed by atoms with Crippen molar-refractivity contribution in [3.8, 4) is 17.3 Å². The molecule has 29 heavy (non-hydrogen) atoms. The van der Waals surface area contributed by atoms with Crippen molar-refractivity contribution in [2.75, 3.05) is 0 Å². The van der Waals surface area contributed by atoms with Gasteiger partial charge in [-0.05, 0) is 37.6 Å². The molecule has 0 aliphatic carbocycles. The number of nitrogens with zero attached hydrogens (tertiary/aromatic N) is 4. The van der Waals surface area contributed by atoms with Gasteiger partial charge in [-0.2, -0.15) is 9.65 Å². The number of pyridine rings is 1. The van der Waals surface area contributed by atoms with Gasteiger partial charge in [-0.25, -0.2) is 19.8 Å². The predicted octanol–water partition coefficient (Wildman–Crippen LogP) is 4.53. The smallest absolute Gasteiger partial charge is 0.328 e. The minimum atomic E-state index is -0.644. The lowest BCUT2D eigenvalue weighted by Crippen LogP contribution is -2.39. The molecule has 3 aromatic rings. The monoisotopic (exact) mass is 405 g/mol. The van der Waals surface area contributed by atoms with Crippen LogP contribution in [-0.2, 0) is 0 Å². The molecule has 0 fully saturated rings. The van der Waals surface area contributed by atoms with Crippen molar-refractivity contribution >= 4 is 23.1 Å². The number of aliphatic imine (C=N–C) groups is 1. The van der Waals surface area contributed by atoms with Crippen molar-refractivity contribution in [2.45, 2.75) is 25.8 Å². The number of benzene rings is 1. The van der Waals surface area contributed by atoms with Crippen LogP contribution >= 0.6 is 11.3 Å². The van der Waals surface area contributed by atoms with Crippen molar-refractivity contribution < 1.29 is 9.18 Å². The maximum Gasteiger partial charge on any atom is 0.341 e. The van der Waals surface area contributed by atoms with E-state index in [1.165, 1.54) is 17.5 Å². The average Bonchev–Trinajstić information content (AvgIpc) is 3.16. The van der Waals surface area contributed by atoms with E-state index in [0.717, 1.165) is 21.8 Å². The highest BCUT2D eigenvalue weighted by atomic mass is 32.1. The van der Waals surface area contributed by atoms with Gasteiger partial charge in [0.15, 0.2) is 0 Å². The van der Waals surface area contributed by atoms with Gasteiger partial charge < -0.3 is 5.32 Å². The second-order valence-electron chi connectivity index (χ2n) is 6.75. The molecule has 2 unspecified atom stereocenters. The Morgan fingerprint density at radius 2 is 2.10 bits per heavy atom. The molecule has 4 rings (SSSR count). The highest BCUT2D eigenvalue weighted by molar-refractivity contribution is 7.10. The van der Waals surface area contributed by atoms with Gasteiger partial charge in [-0.1, -0.05) is 12.1 Å². The molecule has 0 bridgehead atoms. The van der Waals surface area contributed by atoms with Crippen molar-refractivity contribution in [1.82, 2.24) is 15.3 Å². The number of aromatic nitrogens is 2. The Kier molecular flexibility index (Phi) is 4.91. The molecule has 0 spiro atoms. The number of carbonyl (C=O) groups is 1. The summed E-state index contributed by atoms with van der Waals surface area (Å²) in [6.07, 6.45) is 1.37. The molecule has 1 aliphatic rings. The Hall–Kier alpha value is -3.44. The van der Waals surface area contributed by atoms with Gasteiger partial charge in [-0.15, -0.1) is 11.3 Å². The summed E-state index contributed by atoms with van der Waals surface area (Å²) in [7, 11) is 0. The van der Waals surface area contributed by atoms with Crippen LogP contribution in [0.3, 0.4) is 0 Å². The van der Waals surface area contributed by atoms with E-state index in [1.807, 2.05) is 24.4 Å². The first-order chi connectivity index (χ1) is 14.0. The molecule has 2 atom stereocenters. The number of amides is 2. The number of thiazole rings is 1. The van der Waals surface area contributed by atoms with Crippen LogP contribution in [0.4, 0.5) is 9.18 Å². The van der Waals surface area contributed by atoms with Gasteiger partial charge in [0.05, 0.1) is 29.3 Å². The standard InChI is InChI=1S/C21H16FN5OS/c1-11-8-13(9-23)5-6-14(11)16-10-29-20(26-16)17-12(2)25-21(28)27-18(17)15-4-3-7-24-19(15)22/h3-8,10,17-18H,1-2H3,(H,27,28). The zero-order valence-corrected chi connectivity index (χ0v) is 16.5. The van der Waals surface area contributed by atoms with Crippen LogP contribution in [0.25, 0.3) is 11.3 Å². The molecule has 1 aliphatic heterocycles. The van der Waals surface area contributed by atoms with Gasteiger partial charge in [0.1, 0.15) is 5.01 Å². The Morgan fingerprint density at radius 3 is 2.83 bits per heavy atom. The lowest BCUT2D eigenvalue weighted by atomic mass is 9.89. The Balaban J connectivity index is 1.76. The largest absolute Gasteiger partial charge is 0.341 e. The summed E-state index contributed by atoms with van der Waals surface area (Å²) < 4.78 is 14.4. The first kappa shape index (κ1) is 18.9. The molecule has 2 amide bonds. The van der Waals surface area contributed by atoms with Crippen LogP contribution in [0.2, 0.25) is 0 Å². The normalized spacial score (nSPS) is 18.7. The zero-order chi connectivity index (χ0) is 20.5. The quantitative estimate of drug-likeness (QED) is 0.648. The SMILES string of the molecule is CC1=NC(=O)NC(c2cccnc2F)C1c1nc(-c2ccc(C#N)cc2C)cs1. The van der Waals surface area contributed by atoms with E-state index in [1.54, 1.807) is 25.1 Å². The van der Waals surface area contributed by atoms with Gasteiger partial charge in [0, 0.05) is 28.4 Å². The average molecular weight is 405 g/mol. The molecule has 2 aromatic heterocycles. The van der Waals surface area contributed by atoms with Gasteiger partial charge in [0.25, 0.3) is 0 Å². The summed E-state index contributed by atoms with van der Waals surface area (Å²) in [5, 5.41) is 14.5. The van der Waals surface area contributed by atoms with Crippen LogP contribution in [0.15, 0.2) is 46.9 Å². The van der Waals surface area contributed by atoms with E-state index in [-0.39, 0.29) is 0 Å². The number of rotatable bonds is 3. The number of halogens is 1. The maximum atomic E-state index is 14.4. The summed E-state index contributed by atoms with van der Waals surface area (Å²) in [6.45, 7) is 3.68. The van der Waals surface area contributed by atoms with Crippen molar-refractivity contribution in [2.24, 2.45) is 4.99 Å². The first-order valence-electron chi connectivity index (χ1n) is 8.90. The van der Waals surface area contributed by atoms with Crippen LogP contribution in [0.1, 0.15) is 40.6 Å². The van der Waals surface area contributed by atoms with Gasteiger partial charge in [-0.3, -0.25) is 0 Å². The molecule has 1 N–H and O–H groups in total. The van der Waals surface area contributed by atoms with Crippen LogP contribution in [0.5, 0.6) is 0 Å². The fraction of sp³-hybridized carbons (Fsp3) is 0.190. The number of nitriles is 1. The highest BCUT2D eigenvalue weighted by Crippen LogP contribution is 2.38. The van der Waals surface area contributed by atoms with Crippen molar-refractivity contribution in [3.05, 3.63) is 69.6 Å². The molecule has 8 heteroatoms. The third-order valence-corrected chi connectivity index (χ3v) is 5.81. The van der Waals surface area contributed by atoms with Crippen LogP contribution < -0.4 is 5.32 Å². The molecular formula is C21H16FN5OS. The topological polar surface area (TPSA) is 91.0 Å². The van der Waals surface area contributed by atoms with E-state index in [0.29, 0.717) is 16.8 Å². The number of urea groups is 1. The van der Waals surface area contributed by atoms with E-state index >= 15 is 0 Å². The maximum absolute atomic E-state index is 14.4. The minimum Gasteiger partial charge on any atom is -0.328 e. The van der Waals surface area contributed by atoms with Crippen LogP contribution in [-0.4, -0.2) is 21.7 Å². The van der Waals surface area contributed by atoms with E-state index in [9.17, 15) is 9.18 Å². The molecule has 144 valence electrons. The minimum absolute atomic E-state index is 0.298. The fourth-order valence-electron chi connectivity index (χ4n) is 3.50. The van der Waals surface area contributed by atoms with E-state index < -0.39 is 23.9 Å². The summed E-state index contributed by atoms with van der Waals surface area (Å²) in [5.41, 5.74) is 4.09. The van der Waals surface area contributed by atoms with Gasteiger partial charge >= 0.3 is 6.03 Å². The lowest BCUT2D eigenvalue weighted by molar-refractivity contribution is 0.242. The van der Waals surface area contributed by atoms with Gasteiger partial charge in [0.2, 0.25) is 5.95 Å². The fourth-order valence-corrected chi connectivity index (χ4v) is 4.52. The third-order valence-electron chi connectivity index (χ3n) is 4.88. The number of carbonyl (C=O) groups excluding carboxylic acids is 1. The van der Waals surface area contributed by atoms with E-state index in [2.05, 4.69) is 21.4 Å². The molecule has 6 nitrogen and oxygen atoms in total. The lowest BCUT2D eigenvalue weighted by Gasteiger charge is -2.29. The van der Waals surface area contributed by atoms with Crippen LogP contribution in [0, 0.1) is 24.2 Å². The zero-order valence-electron chi connectivity index (χ0n) is 15.7. The first-order valence-corrected chi connectivity index (χ1v) is 9.78. The van der Waals surface area contributed by atoms with Crippen molar-refractivity contribution in [3.63, 3.8) is 0 Å². The summed E-state index contributed by atoms with van der Waals surface area (Å²) >= 11 is 1.43. The molecular weight excluding hydrogens is 389 g/mol.